The molecular weight excluding hydrogens is 290 g/mol. The minimum atomic E-state index is -0.104. The summed E-state index contributed by atoms with van der Waals surface area (Å²) in [6.07, 6.45) is 9.76. The Kier molecular flexibility index (Phi) is 3.65. The largest absolute Gasteiger partial charge is 0.472 e. The van der Waals surface area contributed by atoms with Crippen molar-refractivity contribution in [1.29, 1.82) is 0 Å². The van der Waals surface area contributed by atoms with E-state index in [9.17, 15) is 4.79 Å². The summed E-state index contributed by atoms with van der Waals surface area (Å²) in [6.45, 7) is 2.89. The number of nitrogens with zero attached hydrogens (tertiary/aromatic N) is 2. The molecule has 120 valence electrons. The zero-order valence-corrected chi connectivity index (χ0v) is 13.1. The van der Waals surface area contributed by atoms with E-state index in [2.05, 4.69) is 21.3 Å². The van der Waals surface area contributed by atoms with E-state index < -0.39 is 0 Å². The normalized spacial score (nSPS) is 24.0. The van der Waals surface area contributed by atoms with E-state index in [1.54, 1.807) is 18.7 Å². The Labute approximate surface area is 135 Å². The standard InChI is InChI=1S/C18H21N3O2/c22-17-10-16(15-2-1-6-19-11-15)18(20-17)4-7-21(8-5-18)12-14-3-9-23-13-14/h1-3,6,9,11,13,16H,4-5,7-8,10,12H2,(H,20,22)/t16-/m1/s1. The first kappa shape index (κ1) is 14.5. The molecule has 0 aliphatic carbocycles. The zero-order chi connectivity index (χ0) is 15.7. The van der Waals surface area contributed by atoms with Crippen molar-refractivity contribution in [2.24, 2.45) is 0 Å². The van der Waals surface area contributed by atoms with Crippen molar-refractivity contribution in [3.8, 4) is 0 Å². The molecule has 4 rings (SSSR count). The molecule has 5 heteroatoms. The summed E-state index contributed by atoms with van der Waals surface area (Å²) in [7, 11) is 0. The van der Waals surface area contributed by atoms with E-state index >= 15 is 0 Å². The second kappa shape index (κ2) is 5.81. The molecule has 1 amide bonds. The Morgan fingerprint density at radius 3 is 2.91 bits per heavy atom. The van der Waals surface area contributed by atoms with E-state index in [1.165, 1.54) is 11.1 Å². The molecule has 1 N–H and O–H groups in total. The van der Waals surface area contributed by atoms with Gasteiger partial charge in [0.15, 0.2) is 0 Å². The molecule has 0 saturated carbocycles. The summed E-state index contributed by atoms with van der Waals surface area (Å²) in [5, 5.41) is 3.29. The number of carbonyl (C=O) groups is 1. The van der Waals surface area contributed by atoms with E-state index in [-0.39, 0.29) is 17.4 Å². The number of rotatable bonds is 3. The van der Waals surface area contributed by atoms with Crippen molar-refractivity contribution in [2.45, 2.75) is 37.3 Å². The van der Waals surface area contributed by atoms with Crippen LogP contribution in [0.5, 0.6) is 0 Å². The van der Waals surface area contributed by atoms with Gasteiger partial charge in [-0.3, -0.25) is 14.7 Å². The average Bonchev–Trinajstić information content (AvgIpc) is 3.19. The monoisotopic (exact) mass is 311 g/mol. The number of pyridine rings is 1. The Bertz CT molecular complexity index is 661. The predicted molar refractivity (Wildman–Crippen MR) is 85.7 cm³/mol. The molecule has 2 aliphatic rings. The quantitative estimate of drug-likeness (QED) is 0.945. The van der Waals surface area contributed by atoms with Gasteiger partial charge < -0.3 is 9.73 Å². The minimum absolute atomic E-state index is 0.104. The number of nitrogens with one attached hydrogen (secondary N) is 1. The molecule has 1 spiro atoms. The third-order valence-corrected chi connectivity index (χ3v) is 5.27. The van der Waals surface area contributed by atoms with Crippen molar-refractivity contribution in [3.63, 3.8) is 0 Å². The lowest BCUT2D eigenvalue weighted by Gasteiger charge is -2.42. The van der Waals surface area contributed by atoms with Crippen LogP contribution in [0.4, 0.5) is 0 Å². The van der Waals surface area contributed by atoms with Gasteiger partial charge in [-0.15, -0.1) is 0 Å². The summed E-state index contributed by atoms with van der Waals surface area (Å²) < 4.78 is 5.15. The second-order valence-corrected chi connectivity index (χ2v) is 6.66. The number of furan rings is 1. The van der Waals surface area contributed by atoms with Crippen molar-refractivity contribution < 1.29 is 9.21 Å². The predicted octanol–water partition coefficient (Wildman–Crippen LogP) is 2.31. The van der Waals surface area contributed by atoms with Crippen LogP contribution in [-0.2, 0) is 11.3 Å². The van der Waals surface area contributed by atoms with Crippen LogP contribution in [0.1, 0.15) is 36.3 Å². The van der Waals surface area contributed by atoms with E-state index in [0.29, 0.717) is 6.42 Å². The summed E-state index contributed by atoms with van der Waals surface area (Å²) in [6, 6.07) is 6.07. The smallest absolute Gasteiger partial charge is 0.221 e. The van der Waals surface area contributed by atoms with Crippen LogP contribution in [-0.4, -0.2) is 34.4 Å². The maximum absolute atomic E-state index is 12.1. The lowest BCUT2D eigenvalue weighted by Crippen LogP contribution is -2.53. The van der Waals surface area contributed by atoms with Gasteiger partial charge in [-0.2, -0.15) is 0 Å². The SMILES string of the molecule is O=C1C[C@H](c2cccnc2)C2(CCN(Cc3ccoc3)CC2)N1. The molecule has 2 aromatic heterocycles. The van der Waals surface area contributed by atoms with Crippen LogP contribution >= 0.6 is 0 Å². The fourth-order valence-corrected chi connectivity index (χ4v) is 4.04. The van der Waals surface area contributed by atoms with Crippen LogP contribution in [0.25, 0.3) is 0 Å². The molecule has 0 bridgehead atoms. The molecule has 0 radical (unpaired) electrons. The van der Waals surface area contributed by atoms with Gasteiger partial charge in [0, 0.05) is 55.5 Å². The number of piperidine rings is 1. The summed E-state index contributed by atoms with van der Waals surface area (Å²) in [5.74, 6) is 0.405. The third-order valence-electron chi connectivity index (χ3n) is 5.27. The van der Waals surface area contributed by atoms with Gasteiger partial charge in [0.25, 0.3) is 0 Å². The van der Waals surface area contributed by atoms with Crippen LogP contribution in [0.2, 0.25) is 0 Å². The molecule has 1 atom stereocenters. The van der Waals surface area contributed by atoms with Gasteiger partial charge in [-0.05, 0) is 30.5 Å². The maximum atomic E-state index is 12.1. The summed E-state index contributed by atoms with van der Waals surface area (Å²) in [4.78, 5) is 18.7. The summed E-state index contributed by atoms with van der Waals surface area (Å²) in [5.41, 5.74) is 2.28. The van der Waals surface area contributed by atoms with E-state index in [1.807, 2.05) is 18.3 Å². The van der Waals surface area contributed by atoms with Gasteiger partial charge in [0.2, 0.25) is 5.91 Å². The fraction of sp³-hybridized carbons (Fsp3) is 0.444. The molecule has 2 aromatic rings. The highest BCUT2D eigenvalue weighted by Crippen LogP contribution is 2.43. The number of amides is 1. The molecule has 0 unspecified atom stereocenters. The van der Waals surface area contributed by atoms with Crippen molar-refractivity contribution >= 4 is 5.91 Å². The van der Waals surface area contributed by atoms with Crippen LogP contribution < -0.4 is 5.32 Å². The first-order chi connectivity index (χ1) is 11.3. The molecular formula is C18H21N3O2. The van der Waals surface area contributed by atoms with Gasteiger partial charge in [-0.1, -0.05) is 6.07 Å². The first-order valence-electron chi connectivity index (χ1n) is 8.20. The zero-order valence-electron chi connectivity index (χ0n) is 13.1. The molecule has 0 aromatic carbocycles. The number of carbonyl (C=O) groups excluding carboxylic acids is 1. The van der Waals surface area contributed by atoms with Crippen LogP contribution in [0.15, 0.2) is 47.5 Å². The maximum Gasteiger partial charge on any atom is 0.221 e. The number of hydrogen-bond acceptors (Lipinski definition) is 4. The highest BCUT2D eigenvalue weighted by molar-refractivity contribution is 5.81. The Morgan fingerprint density at radius 1 is 1.35 bits per heavy atom. The Hall–Kier alpha value is -2.14. The highest BCUT2D eigenvalue weighted by atomic mass is 16.3. The summed E-state index contributed by atoms with van der Waals surface area (Å²) >= 11 is 0. The molecule has 2 fully saturated rings. The molecule has 2 aliphatic heterocycles. The number of aromatic nitrogens is 1. The highest BCUT2D eigenvalue weighted by Gasteiger charge is 2.48. The molecule has 4 heterocycles. The first-order valence-corrected chi connectivity index (χ1v) is 8.20. The Morgan fingerprint density at radius 2 is 2.22 bits per heavy atom. The average molecular weight is 311 g/mol. The van der Waals surface area contributed by atoms with E-state index in [4.69, 9.17) is 4.42 Å². The molecule has 23 heavy (non-hydrogen) atoms. The minimum Gasteiger partial charge on any atom is -0.472 e. The topological polar surface area (TPSA) is 58.4 Å². The number of likely N-dealkylation sites (tertiary alicyclic amines) is 1. The van der Waals surface area contributed by atoms with Gasteiger partial charge in [0.1, 0.15) is 0 Å². The van der Waals surface area contributed by atoms with Crippen molar-refractivity contribution in [1.82, 2.24) is 15.2 Å². The lowest BCUT2D eigenvalue weighted by molar-refractivity contribution is -0.120. The fourth-order valence-electron chi connectivity index (χ4n) is 4.04. The van der Waals surface area contributed by atoms with Gasteiger partial charge in [-0.25, -0.2) is 0 Å². The van der Waals surface area contributed by atoms with E-state index in [0.717, 1.165) is 32.5 Å². The molecule has 5 nitrogen and oxygen atoms in total. The van der Waals surface area contributed by atoms with Crippen molar-refractivity contribution in [3.05, 3.63) is 54.2 Å². The third kappa shape index (κ3) is 2.77. The van der Waals surface area contributed by atoms with Crippen molar-refractivity contribution in [2.75, 3.05) is 13.1 Å². The van der Waals surface area contributed by atoms with Crippen LogP contribution in [0.3, 0.4) is 0 Å². The lowest BCUT2D eigenvalue weighted by atomic mass is 9.74. The van der Waals surface area contributed by atoms with Crippen LogP contribution in [0, 0.1) is 0 Å². The van der Waals surface area contributed by atoms with Gasteiger partial charge in [0.05, 0.1) is 12.5 Å². The second-order valence-electron chi connectivity index (χ2n) is 6.66. The number of hydrogen-bond donors (Lipinski definition) is 1. The Balaban J connectivity index is 1.49. The molecule has 2 saturated heterocycles. The van der Waals surface area contributed by atoms with Gasteiger partial charge >= 0.3 is 0 Å².